The first kappa shape index (κ1) is 12.3. The Bertz CT molecular complexity index is 223. The normalized spacial score (nSPS) is 38.1. The Kier molecular flexibility index (Phi) is 3.88. The second kappa shape index (κ2) is 5.03. The van der Waals surface area contributed by atoms with E-state index in [2.05, 4.69) is 23.8 Å². The fraction of sp³-hybridized carbons (Fsp3) is 1.00. The standard InChI is InChI=1S/C13H27N3/c1-3-12-5-4-6-13(12,11-14)16-9-7-15(2)8-10-16/h12H,3-11,14H2,1-2H3. The smallest absolute Gasteiger partial charge is 0.0360 e. The molecule has 2 aliphatic rings. The minimum Gasteiger partial charge on any atom is -0.329 e. The summed E-state index contributed by atoms with van der Waals surface area (Å²) >= 11 is 0. The molecule has 0 bridgehead atoms. The third kappa shape index (κ3) is 2.01. The van der Waals surface area contributed by atoms with E-state index < -0.39 is 0 Å². The van der Waals surface area contributed by atoms with Crippen LogP contribution in [0.1, 0.15) is 32.6 Å². The number of hydrogen-bond donors (Lipinski definition) is 1. The summed E-state index contributed by atoms with van der Waals surface area (Å²) in [5.74, 6) is 0.834. The van der Waals surface area contributed by atoms with Gasteiger partial charge in [-0.05, 0) is 25.8 Å². The second-order valence-corrected chi connectivity index (χ2v) is 5.60. The van der Waals surface area contributed by atoms with Gasteiger partial charge < -0.3 is 10.6 Å². The minimum atomic E-state index is 0.343. The zero-order valence-electron chi connectivity index (χ0n) is 10.9. The lowest BCUT2D eigenvalue weighted by Crippen LogP contribution is -2.61. The zero-order chi connectivity index (χ0) is 11.6. The van der Waals surface area contributed by atoms with Gasteiger partial charge in [0.2, 0.25) is 0 Å². The molecule has 0 aromatic rings. The number of rotatable bonds is 3. The highest BCUT2D eigenvalue weighted by atomic mass is 15.3. The van der Waals surface area contributed by atoms with Crippen LogP contribution in [0.25, 0.3) is 0 Å². The van der Waals surface area contributed by atoms with E-state index in [1.165, 1.54) is 51.9 Å². The highest BCUT2D eigenvalue weighted by Crippen LogP contribution is 2.41. The molecule has 0 spiro atoms. The van der Waals surface area contributed by atoms with Crippen molar-refractivity contribution in [3.05, 3.63) is 0 Å². The fourth-order valence-corrected chi connectivity index (χ4v) is 3.78. The Balaban J connectivity index is 2.08. The van der Waals surface area contributed by atoms with Gasteiger partial charge in [0.1, 0.15) is 0 Å². The summed E-state index contributed by atoms with van der Waals surface area (Å²) < 4.78 is 0. The molecule has 1 heterocycles. The van der Waals surface area contributed by atoms with Gasteiger partial charge in [-0.2, -0.15) is 0 Å². The third-order valence-corrected chi connectivity index (χ3v) is 4.90. The molecule has 1 aliphatic carbocycles. The van der Waals surface area contributed by atoms with Crippen molar-refractivity contribution in [1.29, 1.82) is 0 Å². The van der Waals surface area contributed by atoms with Crippen molar-refractivity contribution < 1.29 is 0 Å². The lowest BCUT2D eigenvalue weighted by molar-refractivity contribution is 0.0175. The molecule has 0 aromatic heterocycles. The van der Waals surface area contributed by atoms with Gasteiger partial charge in [-0.25, -0.2) is 0 Å². The monoisotopic (exact) mass is 225 g/mol. The molecule has 1 aliphatic heterocycles. The van der Waals surface area contributed by atoms with Gasteiger partial charge in [-0.15, -0.1) is 0 Å². The molecule has 2 fully saturated rings. The Morgan fingerprint density at radius 1 is 1.25 bits per heavy atom. The Labute approximate surface area is 100.0 Å². The molecule has 3 nitrogen and oxygen atoms in total. The molecular formula is C13H27N3. The van der Waals surface area contributed by atoms with Crippen molar-refractivity contribution in [2.45, 2.75) is 38.1 Å². The molecule has 2 N–H and O–H groups in total. The maximum atomic E-state index is 6.14. The molecule has 94 valence electrons. The molecule has 2 rings (SSSR count). The molecular weight excluding hydrogens is 198 g/mol. The predicted molar refractivity (Wildman–Crippen MR) is 68.5 cm³/mol. The maximum Gasteiger partial charge on any atom is 0.0360 e. The molecule has 2 atom stereocenters. The number of nitrogens with two attached hydrogens (primary N) is 1. The largest absolute Gasteiger partial charge is 0.329 e. The summed E-state index contributed by atoms with van der Waals surface area (Å²) in [5, 5.41) is 0. The summed E-state index contributed by atoms with van der Waals surface area (Å²) in [7, 11) is 2.22. The van der Waals surface area contributed by atoms with E-state index in [1.54, 1.807) is 0 Å². The van der Waals surface area contributed by atoms with Gasteiger partial charge >= 0.3 is 0 Å². The minimum absolute atomic E-state index is 0.343. The van der Waals surface area contributed by atoms with Crippen molar-refractivity contribution in [3.8, 4) is 0 Å². The lowest BCUT2D eigenvalue weighted by Gasteiger charge is -2.48. The van der Waals surface area contributed by atoms with E-state index in [-0.39, 0.29) is 0 Å². The summed E-state index contributed by atoms with van der Waals surface area (Å²) in [4.78, 5) is 5.13. The van der Waals surface area contributed by atoms with Crippen LogP contribution in [0.15, 0.2) is 0 Å². The number of likely N-dealkylation sites (N-methyl/N-ethyl adjacent to an activating group) is 1. The van der Waals surface area contributed by atoms with E-state index in [0.717, 1.165) is 12.5 Å². The van der Waals surface area contributed by atoms with E-state index >= 15 is 0 Å². The van der Waals surface area contributed by atoms with Crippen molar-refractivity contribution in [2.24, 2.45) is 11.7 Å². The first-order chi connectivity index (χ1) is 7.73. The average molecular weight is 225 g/mol. The van der Waals surface area contributed by atoms with E-state index in [9.17, 15) is 0 Å². The summed E-state index contributed by atoms with van der Waals surface area (Å²) in [5.41, 5.74) is 6.49. The van der Waals surface area contributed by atoms with E-state index in [4.69, 9.17) is 5.73 Å². The molecule has 1 saturated carbocycles. The van der Waals surface area contributed by atoms with Gasteiger partial charge in [-0.3, -0.25) is 4.90 Å². The van der Waals surface area contributed by atoms with Crippen LogP contribution in [0, 0.1) is 5.92 Å². The second-order valence-electron chi connectivity index (χ2n) is 5.60. The van der Waals surface area contributed by atoms with Gasteiger partial charge in [-0.1, -0.05) is 19.8 Å². The summed E-state index contributed by atoms with van der Waals surface area (Å²) in [6, 6.07) is 0. The molecule has 16 heavy (non-hydrogen) atoms. The molecule has 0 radical (unpaired) electrons. The Morgan fingerprint density at radius 3 is 2.50 bits per heavy atom. The van der Waals surface area contributed by atoms with Crippen LogP contribution in [0.2, 0.25) is 0 Å². The topological polar surface area (TPSA) is 32.5 Å². The summed E-state index contributed by atoms with van der Waals surface area (Å²) in [6.45, 7) is 8.02. The number of piperazine rings is 1. The van der Waals surface area contributed by atoms with E-state index in [1.807, 2.05) is 0 Å². The van der Waals surface area contributed by atoms with Gasteiger partial charge in [0, 0.05) is 38.3 Å². The van der Waals surface area contributed by atoms with Gasteiger partial charge in [0.05, 0.1) is 0 Å². The number of hydrogen-bond acceptors (Lipinski definition) is 3. The van der Waals surface area contributed by atoms with Crippen molar-refractivity contribution >= 4 is 0 Å². The molecule has 1 saturated heterocycles. The van der Waals surface area contributed by atoms with Crippen LogP contribution in [-0.4, -0.2) is 55.1 Å². The lowest BCUT2D eigenvalue weighted by atomic mass is 9.83. The van der Waals surface area contributed by atoms with Gasteiger partial charge in [0.15, 0.2) is 0 Å². The highest BCUT2D eigenvalue weighted by molar-refractivity contribution is 5.02. The molecule has 2 unspecified atom stereocenters. The van der Waals surface area contributed by atoms with Crippen LogP contribution in [-0.2, 0) is 0 Å². The van der Waals surface area contributed by atoms with Crippen LogP contribution in [0.5, 0.6) is 0 Å². The predicted octanol–water partition coefficient (Wildman–Crippen LogP) is 1.14. The Hall–Kier alpha value is -0.120. The maximum absolute atomic E-state index is 6.14. The quantitative estimate of drug-likeness (QED) is 0.782. The van der Waals surface area contributed by atoms with Crippen LogP contribution in [0.3, 0.4) is 0 Å². The van der Waals surface area contributed by atoms with Gasteiger partial charge in [0.25, 0.3) is 0 Å². The van der Waals surface area contributed by atoms with Crippen LogP contribution in [0.4, 0.5) is 0 Å². The summed E-state index contributed by atoms with van der Waals surface area (Å²) in [6.07, 6.45) is 5.39. The van der Waals surface area contributed by atoms with Crippen molar-refractivity contribution in [1.82, 2.24) is 9.80 Å². The molecule has 0 amide bonds. The van der Waals surface area contributed by atoms with Crippen molar-refractivity contribution in [2.75, 3.05) is 39.8 Å². The first-order valence-corrected chi connectivity index (χ1v) is 6.86. The number of nitrogens with zero attached hydrogens (tertiary/aromatic N) is 2. The van der Waals surface area contributed by atoms with E-state index in [0.29, 0.717) is 5.54 Å². The van der Waals surface area contributed by atoms with Crippen molar-refractivity contribution in [3.63, 3.8) is 0 Å². The fourth-order valence-electron chi connectivity index (χ4n) is 3.78. The first-order valence-electron chi connectivity index (χ1n) is 6.86. The highest BCUT2D eigenvalue weighted by Gasteiger charge is 2.45. The molecule has 3 heteroatoms. The third-order valence-electron chi connectivity index (χ3n) is 4.90. The average Bonchev–Trinajstić information content (AvgIpc) is 2.74. The molecule has 0 aromatic carbocycles. The Morgan fingerprint density at radius 2 is 1.94 bits per heavy atom. The zero-order valence-corrected chi connectivity index (χ0v) is 10.9. The SMILES string of the molecule is CCC1CCCC1(CN)N1CCN(C)CC1. The van der Waals surface area contributed by atoms with Crippen LogP contribution < -0.4 is 5.73 Å². The van der Waals surface area contributed by atoms with Crippen LogP contribution >= 0.6 is 0 Å².